The zero-order valence-corrected chi connectivity index (χ0v) is 10.1. The zero-order chi connectivity index (χ0) is 12.4. The fourth-order valence-electron chi connectivity index (χ4n) is 1.49. The van der Waals surface area contributed by atoms with E-state index in [2.05, 4.69) is 20.1 Å². The summed E-state index contributed by atoms with van der Waals surface area (Å²) < 4.78 is 5.21. The van der Waals surface area contributed by atoms with Crippen LogP contribution in [0.1, 0.15) is 5.69 Å². The van der Waals surface area contributed by atoms with Gasteiger partial charge in [0.15, 0.2) is 0 Å². The lowest BCUT2D eigenvalue weighted by Gasteiger charge is -1.97. The Kier molecular flexibility index (Phi) is 2.83. The number of nitrogens with two attached hydrogens (primary N) is 1. The molecule has 0 spiro atoms. The molecule has 3 heterocycles. The predicted octanol–water partition coefficient (Wildman–Crippen LogP) is 1.71. The minimum atomic E-state index is 0.376. The number of nitrogens with zero attached hydrogens (tertiary/aromatic N) is 4. The molecule has 0 saturated heterocycles. The van der Waals surface area contributed by atoms with E-state index in [1.165, 1.54) is 11.3 Å². The van der Waals surface area contributed by atoms with Crippen LogP contribution in [0, 0.1) is 0 Å². The zero-order valence-electron chi connectivity index (χ0n) is 9.28. The lowest BCUT2D eigenvalue weighted by atomic mass is 10.2. The van der Waals surface area contributed by atoms with Gasteiger partial charge in [-0.15, -0.1) is 11.3 Å². The van der Waals surface area contributed by atoms with Crippen molar-refractivity contribution < 1.29 is 4.52 Å². The molecule has 2 N–H and O–H groups in total. The predicted molar refractivity (Wildman–Crippen MR) is 66.5 cm³/mol. The maximum Gasteiger partial charge on any atom is 0.258 e. The van der Waals surface area contributed by atoms with Crippen molar-refractivity contribution in [3.63, 3.8) is 0 Å². The fraction of sp³-hybridized carbons (Fsp3) is 0.0909. The molecule has 0 radical (unpaired) electrons. The highest BCUT2D eigenvalue weighted by molar-refractivity contribution is 7.07. The van der Waals surface area contributed by atoms with Crippen molar-refractivity contribution in [3.8, 4) is 23.0 Å². The van der Waals surface area contributed by atoms with Crippen molar-refractivity contribution in [2.24, 2.45) is 5.73 Å². The van der Waals surface area contributed by atoms with Crippen LogP contribution in [0.3, 0.4) is 0 Å². The van der Waals surface area contributed by atoms with Crippen LogP contribution < -0.4 is 5.73 Å². The van der Waals surface area contributed by atoms with E-state index in [1.54, 1.807) is 17.8 Å². The first-order valence-corrected chi connectivity index (χ1v) is 6.19. The molecule has 0 saturated carbocycles. The molecule has 3 aromatic rings. The van der Waals surface area contributed by atoms with Crippen molar-refractivity contribution >= 4 is 11.3 Å². The van der Waals surface area contributed by atoms with Gasteiger partial charge in [0.25, 0.3) is 5.89 Å². The van der Waals surface area contributed by atoms with Crippen molar-refractivity contribution in [2.45, 2.75) is 6.54 Å². The standard InChI is InChI=1S/C11H9N5OS/c12-4-8-3-7(1-2-13-8)11-15-10(16-17-11)9-5-18-6-14-9/h1-3,5-6H,4,12H2. The van der Waals surface area contributed by atoms with E-state index in [-0.39, 0.29) is 0 Å². The minimum absolute atomic E-state index is 0.376. The molecule has 0 bridgehead atoms. The van der Waals surface area contributed by atoms with E-state index < -0.39 is 0 Å². The van der Waals surface area contributed by atoms with Crippen LogP contribution in [-0.2, 0) is 6.54 Å². The first-order chi connectivity index (χ1) is 8.86. The van der Waals surface area contributed by atoms with Crippen LogP contribution in [0.15, 0.2) is 33.7 Å². The number of aromatic nitrogens is 4. The Morgan fingerprint density at radius 3 is 3.06 bits per heavy atom. The van der Waals surface area contributed by atoms with Crippen LogP contribution in [-0.4, -0.2) is 20.1 Å². The molecular weight excluding hydrogens is 250 g/mol. The Labute approximate surface area is 107 Å². The second-order valence-electron chi connectivity index (χ2n) is 3.54. The summed E-state index contributed by atoms with van der Waals surface area (Å²) in [5, 5.41) is 5.76. The summed E-state index contributed by atoms with van der Waals surface area (Å²) in [5.74, 6) is 0.924. The Bertz CT molecular complexity index is 649. The molecule has 90 valence electrons. The van der Waals surface area contributed by atoms with Crippen LogP contribution in [0.4, 0.5) is 0 Å². The molecule has 0 amide bonds. The number of rotatable bonds is 3. The van der Waals surface area contributed by atoms with E-state index >= 15 is 0 Å². The van der Waals surface area contributed by atoms with E-state index in [9.17, 15) is 0 Å². The first kappa shape index (κ1) is 11.0. The lowest BCUT2D eigenvalue weighted by molar-refractivity contribution is 0.432. The number of thiazole rings is 1. The summed E-state index contributed by atoms with van der Waals surface area (Å²) in [4.78, 5) is 12.5. The van der Waals surface area contributed by atoms with E-state index in [0.717, 1.165) is 11.3 Å². The summed E-state index contributed by atoms with van der Waals surface area (Å²) in [6.07, 6.45) is 1.67. The highest BCUT2D eigenvalue weighted by Crippen LogP contribution is 2.21. The monoisotopic (exact) mass is 259 g/mol. The summed E-state index contributed by atoms with van der Waals surface area (Å²) in [6, 6.07) is 3.63. The molecule has 0 aliphatic heterocycles. The molecule has 0 aromatic carbocycles. The molecule has 0 unspecified atom stereocenters. The average Bonchev–Trinajstić information content (AvgIpc) is 3.09. The Morgan fingerprint density at radius 2 is 2.28 bits per heavy atom. The fourth-order valence-corrected chi connectivity index (χ4v) is 2.02. The molecule has 6 nitrogen and oxygen atoms in total. The van der Waals surface area contributed by atoms with Gasteiger partial charge < -0.3 is 10.3 Å². The summed E-state index contributed by atoms with van der Waals surface area (Å²) in [5.41, 5.74) is 9.56. The second-order valence-corrected chi connectivity index (χ2v) is 4.26. The Morgan fingerprint density at radius 1 is 1.33 bits per heavy atom. The lowest BCUT2D eigenvalue weighted by Crippen LogP contribution is -1.98. The minimum Gasteiger partial charge on any atom is -0.334 e. The molecule has 18 heavy (non-hydrogen) atoms. The SMILES string of the molecule is NCc1cc(-c2nc(-c3cscn3)no2)ccn1. The third-order valence-corrected chi connectivity index (χ3v) is 2.95. The molecule has 3 aromatic heterocycles. The van der Waals surface area contributed by atoms with Crippen molar-refractivity contribution in [3.05, 3.63) is 34.9 Å². The van der Waals surface area contributed by atoms with Gasteiger partial charge >= 0.3 is 0 Å². The summed E-state index contributed by atoms with van der Waals surface area (Å²) in [6.45, 7) is 0.376. The Balaban J connectivity index is 1.97. The molecule has 7 heteroatoms. The van der Waals surface area contributed by atoms with Crippen LogP contribution in [0.5, 0.6) is 0 Å². The molecule has 0 aliphatic rings. The molecule has 3 rings (SSSR count). The van der Waals surface area contributed by atoms with Gasteiger partial charge in [-0.2, -0.15) is 4.98 Å². The van der Waals surface area contributed by atoms with E-state index in [4.69, 9.17) is 10.3 Å². The van der Waals surface area contributed by atoms with Crippen LogP contribution in [0.25, 0.3) is 23.0 Å². The number of pyridine rings is 1. The van der Waals surface area contributed by atoms with Gasteiger partial charge in [-0.3, -0.25) is 4.98 Å². The molecule has 0 fully saturated rings. The maximum absolute atomic E-state index is 5.54. The highest BCUT2D eigenvalue weighted by Gasteiger charge is 2.12. The maximum atomic E-state index is 5.54. The van der Waals surface area contributed by atoms with Gasteiger partial charge in [0, 0.05) is 23.7 Å². The van der Waals surface area contributed by atoms with E-state index in [0.29, 0.717) is 24.0 Å². The van der Waals surface area contributed by atoms with Gasteiger partial charge in [0.1, 0.15) is 5.69 Å². The average molecular weight is 259 g/mol. The normalized spacial score (nSPS) is 10.7. The van der Waals surface area contributed by atoms with Crippen molar-refractivity contribution in [2.75, 3.05) is 0 Å². The quantitative estimate of drug-likeness (QED) is 0.770. The third-order valence-electron chi connectivity index (χ3n) is 2.36. The second kappa shape index (κ2) is 4.63. The first-order valence-electron chi connectivity index (χ1n) is 5.24. The third kappa shape index (κ3) is 2.01. The van der Waals surface area contributed by atoms with Crippen LogP contribution >= 0.6 is 11.3 Å². The van der Waals surface area contributed by atoms with Gasteiger partial charge in [-0.25, -0.2) is 4.98 Å². The number of hydrogen-bond donors (Lipinski definition) is 1. The van der Waals surface area contributed by atoms with Crippen molar-refractivity contribution in [1.29, 1.82) is 0 Å². The van der Waals surface area contributed by atoms with Gasteiger partial charge in [-0.1, -0.05) is 5.16 Å². The van der Waals surface area contributed by atoms with Gasteiger partial charge in [0.2, 0.25) is 5.82 Å². The summed E-state index contributed by atoms with van der Waals surface area (Å²) in [7, 11) is 0. The van der Waals surface area contributed by atoms with Gasteiger partial charge in [-0.05, 0) is 12.1 Å². The smallest absolute Gasteiger partial charge is 0.258 e. The largest absolute Gasteiger partial charge is 0.334 e. The number of hydrogen-bond acceptors (Lipinski definition) is 7. The Hall–Kier alpha value is -2.12. The molecular formula is C11H9N5OS. The van der Waals surface area contributed by atoms with Gasteiger partial charge in [0.05, 0.1) is 11.2 Å². The van der Waals surface area contributed by atoms with E-state index in [1.807, 2.05) is 11.4 Å². The molecule has 0 atom stereocenters. The summed E-state index contributed by atoms with van der Waals surface area (Å²) >= 11 is 1.49. The topological polar surface area (TPSA) is 90.7 Å². The van der Waals surface area contributed by atoms with Crippen molar-refractivity contribution in [1.82, 2.24) is 20.1 Å². The van der Waals surface area contributed by atoms with Crippen LogP contribution in [0.2, 0.25) is 0 Å². The highest BCUT2D eigenvalue weighted by atomic mass is 32.1. The molecule has 0 aliphatic carbocycles.